The predicted octanol–water partition coefficient (Wildman–Crippen LogP) is 0.370. The number of nitriles is 1. The van der Waals surface area contributed by atoms with Crippen molar-refractivity contribution in [2.45, 2.75) is 18.3 Å². The van der Waals surface area contributed by atoms with Gasteiger partial charge in [0.05, 0.1) is 6.07 Å². The van der Waals surface area contributed by atoms with E-state index in [0.29, 0.717) is 17.1 Å². The Bertz CT molecular complexity index is 1060. The number of aliphatic carboxylic acids is 1. The Hall–Kier alpha value is -3.09. The van der Waals surface area contributed by atoms with Crippen LogP contribution in [0.2, 0.25) is 0 Å². The number of carbonyl (C=O) groups excluding carboxylic acids is 2. The summed E-state index contributed by atoms with van der Waals surface area (Å²) < 4.78 is 3.95. The second-order valence-electron chi connectivity index (χ2n) is 6.17. The van der Waals surface area contributed by atoms with Crippen LogP contribution in [0.15, 0.2) is 27.9 Å². The number of anilines is 1. The number of nitrogens with two attached hydrogens (primary N) is 1. The molecule has 1 fully saturated rings. The summed E-state index contributed by atoms with van der Waals surface area (Å²) >= 11 is 3.47. The van der Waals surface area contributed by atoms with Gasteiger partial charge in [-0.2, -0.15) is 14.6 Å². The van der Waals surface area contributed by atoms with Gasteiger partial charge in [0.15, 0.2) is 5.13 Å². The van der Waals surface area contributed by atoms with Crippen LogP contribution in [0.1, 0.15) is 12.7 Å². The zero-order valence-electron chi connectivity index (χ0n) is 16.5. The van der Waals surface area contributed by atoms with Gasteiger partial charge in [-0.15, -0.1) is 23.5 Å². The molecule has 0 saturated carbocycles. The van der Waals surface area contributed by atoms with Gasteiger partial charge in [-0.05, 0) is 17.9 Å². The molecule has 4 N–H and O–H groups in total. The first-order valence-corrected chi connectivity index (χ1v) is 11.9. The Labute approximate surface area is 194 Å². The van der Waals surface area contributed by atoms with Gasteiger partial charge >= 0.3 is 5.97 Å². The first-order valence-electron chi connectivity index (χ1n) is 9.05. The molecule has 32 heavy (non-hydrogen) atoms. The molecule has 1 aromatic heterocycles. The molecule has 2 atom stereocenters. The first kappa shape index (κ1) is 23.6. The Kier molecular flexibility index (Phi) is 7.72. The number of oxime groups is 1. The largest absolute Gasteiger partial charge is 0.477 e. The summed E-state index contributed by atoms with van der Waals surface area (Å²) in [4.78, 5) is 47.4. The number of carboxylic acids is 1. The number of nitrogen functional groups attached to an aromatic ring is 1. The molecule has 0 aliphatic carbocycles. The summed E-state index contributed by atoms with van der Waals surface area (Å²) in [5.74, 6) is -1.87. The van der Waals surface area contributed by atoms with E-state index >= 15 is 0 Å². The Morgan fingerprint density at radius 1 is 1.56 bits per heavy atom. The lowest BCUT2D eigenvalue weighted by molar-refractivity contribution is -0.150. The highest BCUT2D eigenvalue weighted by Crippen LogP contribution is 2.41. The molecule has 3 rings (SSSR count). The van der Waals surface area contributed by atoms with Crippen molar-refractivity contribution in [3.63, 3.8) is 0 Å². The number of β-lactam (4-membered cyclic amide) rings is 1. The number of allylic oxidation sites excluding steroid dienone is 1. The number of fused-ring (bicyclic) bond motifs is 1. The van der Waals surface area contributed by atoms with E-state index in [-0.39, 0.29) is 29.0 Å². The number of nitrogens with one attached hydrogen (secondary N) is 1. The Morgan fingerprint density at radius 3 is 2.97 bits per heavy atom. The van der Waals surface area contributed by atoms with Crippen molar-refractivity contribution in [1.82, 2.24) is 19.6 Å². The van der Waals surface area contributed by atoms with E-state index in [9.17, 15) is 19.5 Å². The smallest absolute Gasteiger partial charge is 0.352 e. The second-order valence-corrected chi connectivity index (χ2v) is 8.96. The standard InChI is InChI=1S/C17H17N7O5S3/c1-2-29-22-9(12-21-17(19)32-23-12)13(25)20-10-14(26)24-11(16(27)28)8(7-31-15(10)24)6-30-5-3-4-18/h3,5,10,15H,2,6-7H2,1H3,(H,20,25)(H,27,28)(H2,19,21,23)/b5-3+,22-9?/t10?,15-/m0/s1. The minimum Gasteiger partial charge on any atom is -0.477 e. The van der Waals surface area contributed by atoms with Gasteiger partial charge in [-0.1, -0.05) is 5.16 Å². The van der Waals surface area contributed by atoms with E-state index in [1.807, 2.05) is 6.07 Å². The maximum Gasteiger partial charge on any atom is 0.352 e. The fraction of sp³-hybridized carbons (Fsp3) is 0.353. The lowest BCUT2D eigenvalue weighted by Gasteiger charge is -2.49. The minimum absolute atomic E-state index is 0.0331. The van der Waals surface area contributed by atoms with E-state index in [4.69, 9.17) is 15.8 Å². The summed E-state index contributed by atoms with van der Waals surface area (Å²) in [6, 6.07) is 0.908. The molecule has 2 aliphatic heterocycles. The third-order valence-corrected chi connectivity index (χ3v) is 6.91. The predicted molar refractivity (Wildman–Crippen MR) is 119 cm³/mol. The number of amides is 2. The van der Waals surface area contributed by atoms with Crippen molar-refractivity contribution in [1.29, 1.82) is 5.26 Å². The molecule has 0 spiro atoms. The number of carboxylic acid groups (broad SMARTS) is 1. The van der Waals surface area contributed by atoms with Gasteiger partial charge in [-0.25, -0.2) is 4.79 Å². The van der Waals surface area contributed by atoms with Crippen LogP contribution in [0, 0.1) is 11.3 Å². The molecule has 1 aromatic rings. The summed E-state index contributed by atoms with van der Waals surface area (Å²) in [5.41, 5.74) is 5.80. The van der Waals surface area contributed by atoms with Gasteiger partial charge in [0.2, 0.25) is 11.5 Å². The highest BCUT2D eigenvalue weighted by atomic mass is 32.2. The minimum atomic E-state index is -1.23. The summed E-state index contributed by atoms with van der Waals surface area (Å²) in [6.45, 7) is 1.88. The fourth-order valence-electron chi connectivity index (χ4n) is 2.88. The zero-order chi connectivity index (χ0) is 23.3. The highest BCUT2D eigenvalue weighted by molar-refractivity contribution is 8.02. The van der Waals surface area contributed by atoms with Crippen LogP contribution < -0.4 is 11.1 Å². The molecule has 15 heteroatoms. The molecule has 3 heterocycles. The third kappa shape index (κ3) is 4.87. The van der Waals surface area contributed by atoms with Crippen molar-refractivity contribution < 1.29 is 24.3 Å². The average Bonchev–Trinajstić information content (AvgIpc) is 3.20. The quantitative estimate of drug-likeness (QED) is 0.186. The summed E-state index contributed by atoms with van der Waals surface area (Å²) in [7, 11) is 0. The van der Waals surface area contributed by atoms with E-state index < -0.39 is 29.2 Å². The maximum absolute atomic E-state index is 12.8. The fourth-order valence-corrected chi connectivity index (χ4v) is 5.48. The van der Waals surface area contributed by atoms with Crippen molar-refractivity contribution >= 4 is 63.7 Å². The van der Waals surface area contributed by atoms with Crippen molar-refractivity contribution in [2.24, 2.45) is 5.16 Å². The lowest BCUT2D eigenvalue weighted by Crippen LogP contribution is -2.71. The molecule has 12 nitrogen and oxygen atoms in total. The van der Waals surface area contributed by atoms with Crippen LogP contribution in [0.3, 0.4) is 0 Å². The van der Waals surface area contributed by atoms with E-state index in [1.54, 1.807) is 12.3 Å². The number of aromatic nitrogens is 2. The molecule has 0 aromatic carbocycles. The normalized spacial score (nSPS) is 20.6. The van der Waals surface area contributed by atoms with Gasteiger partial charge in [0.25, 0.3) is 11.8 Å². The summed E-state index contributed by atoms with van der Waals surface area (Å²) in [5, 5.41) is 25.6. The number of thioether (sulfide) groups is 2. The van der Waals surface area contributed by atoms with Gasteiger partial charge in [-0.3, -0.25) is 14.5 Å². The summed E-state index contributed by atoms with van der Waals surface area (Å²) in [6.07, 6.45) is 1.29. The van der Waals surface area contributed by atoms with Crippen LogP contribution in [0.25, 0.3) is 0 Å². The first-order chi connectivity index (χ1) is 15.4. The Morgan fingerprint density at radius 2 is 2.34 bits per heavy atom. The van der Waals surface area contributed by atoms with Crippen molar-refractivity contribution in [3.05, 3.63) is 28.6 Å². The molecule has 0 bridgehead atoms. The molecular formula is C17H17N7O5S3. The van der Waals surface area contributed by atoms with Crippen LogP contribution in [-0.4, -0.2) is 72.4 Å². The van der Waals surface area contributed by atoms with E-state index in [1.165, 1.54) is 34.5 Å². The van der Waals surface area contributed by atoms with E-state index in [0.717, 1.165) is 11.5 Å². The average molecular weight is 496 g/mol. The van der Waals surface area contributed by atoms with Gasteiger partial charge < -0.3 is 21.0 Å². The molecule has 0 radical (unpaired) electrons. The van der Waals surface area contributed by atoms with Crippen LogP contribution in [0.4, 0.5) is 5.13 Å². The van der Waals surface area contributed by atoms with Crippen molar-refractivity contribution in [3.8, 4) is 6.07 Å². The molecule has 1 unspecified atom stereocenters. The van der Waals surface area contributed by atoms with Gasteiger partial charge in [0, 0.05) is 29.1 Å². The molecule has 1 saturated heterocycles. The topological polar surface area (TPSA) is 184 Å². The number of nitrogens with zero attached hydrogens (tertiary/aromatic N) is 5. The number of rotatable bonds is 9. The molecule has 2 aliphatic rings. The Balaban J connectivity index is 1.76. The van der Waals surface area contributed by atoms with Crippen LogP contribution >= 0.6 is 35.1 Å². The SMILES string of the molecule is CCON=C(C(=O)NC1C(=O)N2C(C(=O)O)=C(CS/C=C/C#N)CS[C@@H]12)c1nsc(N)n1. The highest BCUT2D eigenvalue weighted by Gasteiger charge is 2.54. The monoisotopic (exact) mass is 495 g/mol. The maximum atomic E-state index is 12.8. The third-order valence-electron chi connectivity index (χ3n) is 4.19. The van der Waals surface area contributed by atoms with Crippen LogP contribution in [0.5, 0.6) is 0 Å². The van der Waals surface area contributed by atoms with Crippen molar-refractivity contribution in [2.75, 3.05) is 23.8 Å². The van der Waals surface area contributed by atoms with Crippen LogP contribution in [-0.2, 0) is 19.2 Å². The van der Waals surface area contributed by atoms with E-state index in [2.05, 4.69) is 19.8 Å². The molecule has 2 amide bonds. The second kappa shape index (κ2) is 10.5. The van der Waals surface area contributed by atoms with Gasteiger partial charge in [0.1, 0.15) is 23.7 Å². The zero-order valence-corrected chi connectivity index (χ0v) is 19.0. The molecular weight excluding hydrogens is 478 g/mol. The molecule has 168 valence electrons. The number of carbonyl (C=O) groups is 3. The number of hydrogen-bond donors (Lipinski definition) is 3. The lowest BCUT2D eigenvalue weighted by atomic mass is 10.0. The number of hydrogen-bond acceptors (Lipinski definition) is 12.